The number of nitrogens with zero attached hydrogens (tertiary/aromatic N) is 1. The number of amides is 2. The van der Waals surface area contributed by atoms with Gasteiger partial charge in [0.2, 0.25) is 0 Å². The van der Waals surface area contributed by atoms with Crippen LogP contribution in [0.1, 0.15) is 26.3 Å². The average Bonchev–Trinajstić information content (AvgIpc) is 2.60. The number of benzene rings is 1. The molecule has 1 aliphatic rings. The normalized spacial score (nSPS) is 13.9. The van der Waals surface area contributed by atoms with E-state index in [1.54, 1.807) is 0 Å². The van der Waals surface area contributed by atoms with Crippen molar-refractivity contribution in [2.24, 2.45) is 5.84 Å². The van der Waals surface area contributed by atoms with Crippen LogP contribution in [0.3, 0.4) is 0 Å². The number of fused-ring (bicyclic) bond motifs is 1. The fourth-order valence-corrected chi connectivity index (χ4v) is 1.62. The zero-order valence-electron chi connectivity index (χ0n) is 8.98. The van der Waals surface area contributed by atoms with Crippen molar-refractivity contribution >= 4 is 17.6 Å². The number of hydroxylamine groups is 2. The second-order valence-electron chi connectivity index (χ2n) is 3.37. The Hall–Kier alpha value is -2.25. The molecule has 1 aliphatic heterocycles. The lowest BCUT2D eigenvalue weighted by Crippen LogP contribution is -2.30. The van der Waals surface area contributed by atoms with Gasteiger partial charge in [0.25, 0.3) is 11.8 Å². The van der Waals surface area contributed by atoms with E-state index in [0.717, 1.165) is 0 Å². The number of carbonyl (C=O) groups is 2. The van der Waals surface area contributed by atoms with Gasteiger partial charge in [-0.3, -0.25) is 19.8 Å². The van der Waals surface area contributed by atoms with Gasteiger partial charge >= 0.3 is 0 Å². The van der Waals surface area contributed by atoms with Gasteiger partial charge < -0.3 is 5.43 Å². The Balaban J connectivity index is 2.50. The average molecular weight is 234 g/mol. The van der Waals surface area contributed by atoms with Gasteiger partial charge in [-0.2, -0.15) is 0 Å². The molecule has 1 aromatic carbocycles. The van der Waals surface area contributed by atoms with Crippen molar-refractivity contribution in [3.63, 3.8) is 0 Å². The molecule has 7 nitrogen and oxygen atoms in total. The van der Waals surface area contributed by atoms with Gasteiger partial charge in [-0.25, -0.2) is 5.84 Å². The zero-order valence-corrected chi connectivity index (χ0v) is 8.98. The van der Waals surface area contributed by atoms with Crippen LogP contribution in [-0.4, -0.2) is 29.8 Å². The first-order chi connectivity index (χ1) is 8.10. The van der Waals surface area contributed by atoms with Crippen LogP contribution in [0.25, 0.3) is 0 Å². The molecule has 0 spiro atoms. The summed E-state index contributed by atoms with van der Waals surface area (Å²) in [6.07, 6.45) is 0. The minimum Gasteiger partial charge on any atom is -0.308 e. The third kappa shape index (κ3) is 1.57. The third-order valence-electron chi connectivity index (χ3n) is 2.46. The fourth-order valence-electron chi connectivity index (χ4n) is 1.62. The summed E-state index contributed by atoms with van der Waals surface area (Å²) in [6, 6.07) is 4.43. The lowest BCUT2D eigenvalue weighted by Gasteiger charge is -2.07. The van der Waals surface area contributed by atoms with Crippen molar-refractivity contribution in [2.45, 2.75) is 0 Å². The van der Waals surface area contributed by atoms with Crippen LogP contribution in [0.15, 0.2) is 18.2 Å². The van der Waals surface area contributed by atoms with Crippen molar-refractivity contribution in [2.75, 3.05) is 7.11 Å². The molecule has 0 unspecified atom stereocenters. The SMILES string of the molecule is CON1C(=O)c2ccc(C(=N)NN)cc2C1=O. The molecule has 0 aromatic heterocycles. The number of hydrogen-bond donors (Lipinski definition) is 3. The van der Waals surface area contributed by atoms with E-state index >= 15 is 0 Å². The molecular formula is C10H10N4O3. The van der Waals surface area contributed by atoms with Crippen LogP contribution in [0.5, 0.6) is 0 Å². The number of hydrazine groups is 1. The Morgan fingerprint density at radius 2 is 2.00 bits per heavy atom. The van der Waals surface area contributed by atoms with Crippen LogP contribution >= 0.6 is 0 Å². The molecule has 2 rings (SSSR count). The molecule has 7 heteroatoms. The number of nitrogens with two attached hydrogens (primary N) is 1. The first-order valence-corrected chi connectivity index (χ1v) is 4.72. The number of amidine groups is 1. The summed E-state index contributed by atoms with van der Waals surface area (Å²) < 4.78 is 0. The molecule has 0 saturated heterocycles. The number of rotatable bonds is 2. The maximum Gasteiger partial charge on any atom is 0.285 e. The van der Waals surface area contributed by atoms with Gasteiger partial charge in [0, 0.05) is 5.56 Å². The molecule has 17 heavy (non-hydrogen) atoms. The molecule has 0 fully saturated rings. The predicted molar refractivity (Wildman–Crippen MR) is 58.1 cm³/mol. The molecule has 0 radical (unpaired) electrons. The highest BCUT2D eigenvalue weighted by atomic mass is 16.7. The number of hydrogen-bond acceptors (Lipinski definition) is 5. The van der Waals surface area contributed by atoms with Crippen LogP contribution in [0, 0.1) is 5.41 Å². The van der Waals surface area contributed by atoms with Crippen LogP contribution < -0.4 is 11.3 Å². The van der Waals surface area contributed by atoms with E-state index in [9.17, 15) is 9.59 Å². The van der Waals surface area contributed by atoms with Crippen LogP contribution in [0.2, 0.25) is 0 Å². The van der Waals surface area contributed by atoms with Crippen molar-refractivity contribution in [3.05, 3.63) is 34.9 Å². The molecule has 1 aromatic rings. The van der Waals surface area contributed by atoms with E-state index in [1.807, 2.05) is 0 Å². The summed E-state index contributed by atoms with van der Waals surface area (Å²) >= 11 is 0. The van der Waals surface area contributed by atoms with Gasteiger partial charge in [-0.15, -0.1) is 5.06 Å². The monoisotopic (exact) mass is 234 g/mol. The summed E-state index contributed by atoms with van der Waals surface area (Å²) in [5.41, 5.74) is 3.05. The summed E-state index contributed by atoms with van der Waals surface area (Å²) in [5, 5.41) is 8.15. The van der Waals surface area contributed by atoms with Crippen LogP contribution in [0.4, 0.5) is 0 Å². The summed E-state index contributed by atoms with van der Waals surface area (Å²) in [7, 11) is 1.24. The minimum atomic E-state index is -0.542. The van der Waals surface area contributed by atoms with Crippen LogP contribution in [-0.2, 0) is 4.84 Å². The van der Waals surface area contributed by atoms with Crippen molar-refractivity contribution in [1.82, 2.24) is 10.5 Å². The fraction of sp³-hybridized carbons (Fsp3) is 0.100. The summed E-state index contributed by atoms with van der Waals surface area (Å²) in [4.78, 5) is 28.1. The van der Waals surface area contributed by atoms with E-state index in [4.69, 9.17) is 11.3 Å². The first kappa shape index (κ1) is 11.2. The van der Waals surface area contributed by atoms with E-state index in [-0.39, 0.29) is 17.0 Å². The molecular weight excluding hydrogens is 224 g/mol. The highest BCUT2D eigenvalue weighted by molar-refractivity contribution is 6.21. The van der Waals surface area contributed by atoms with Gasteiger partial charge in [0.05, 0.1) is 18.2 Å². The number of carbonyl (C=O) groups excluding carboxylic acids is 2. The molecule has 0 bridgehead atoms. The molecule has 1 heterocycles. The second kappa shape index (κ2) is 3.96. The Bertz CT molecular complexity index is 526. The zero-order chi connectivity index (χ0) is 12.6. The van der Waals surface area contributed by atoms with Gasteiger partial charge in [0.1, 0.15) is 5.84 Å². The van der Waals surface area contributed by atoms with Crippen molar-refractivity contribution in [1.29, 1.82) is 5.41 Å². The van der Waals surface area contributed by atoms with E-state index in [1.165, 1.54) is 25.3 Å². The van der Waals surface area contributed by atoms with Gasteiger partial charge in [-0.05, 0) is 12.1 Å². The Morgan fingerprint density at radius 3 is 2.59 bits per heavy atom. The van der Waals surface area contributed by atoms with E-state index in [2.05, 4.69) is 10.3 Å². The smallest absolute Gasteiger partial charge is 0.285 e. The largest absolute Gasteiger partial charge is 0.308 e. The summed E-state index contributed by atoms with van der Waals surface area (Å²) in [6.45, 7) is 0. The molecule has 88 valence electrons. The van der Waals surface area contributed by atoms with Crippen molar-refractivity contribution < 1.29 is 14.4 Å². The summed E-state index contributed by atoms with van der Waals surface area (Å²) in [5.74, 6) is 4.01. The molecule has 0 atom stereocenters. The number of imide groups is 1. The van der Waals surface area contributed by atoms with Gasteiger partial charge in [-0.1, -0.05) is 6.07 Å². The molecule has 0 aliphatic carbocycles. The highest BCUT2D eigenvalue weighted by Gasteiger charge is 2.36. The van der Waals surface area contributed by atoms with E-state index in [0.29, 0.717) is 10.6 Å². The third-order valence-corrected chi connectivity index (χ3v) is 2.46. The van der Waals surface area contributed by atoms with E-state index < -0.39 is 11.8 Å². The lowest BCUT2D eigenvalue weighted by atomic mass is 10.1. The minimum absolute atomic E-state index is 0.0380. The Kier molecular flexibility index (Phi) is 2.62. The Morgan fingerprint density at radius 1 is 1.35 bits per heavy atom. The second-order valence-corrected chi connectivity index (χ2v) is 3.37. The first-order valence-electron chi connectivity index (χ1n) is 4.72. The highest BCUT2D eigenvalue weighted by Crippen LogP contribution is 2.23. The molecule has 0 saturated carbocycles. The lowest BCUT2D eigenvalue weighted by molar-refractivity contribution is -0.0645. The Labute approximate surface area is 96.6 Å². The maximum atomic E-state index is 11.8. The maximum absolute atomic E-state index is 11.8. The standard InChI is InChI=1S/C10H10N4O3/c1-17-14-9(15)6-3-2-5(8(11)13-12)4-7(6)10(14)16/h2-4H,12H2,1H3,(H2,11,13). The molecule has 4 N–H and O–H groups in total. The quantitative estimate of drug-likeness (QED) is 0.213. The van der Waals surface area contributed by atoms with Gasteiger partial charge in [0.15, 0.2) is 0 Å². The number of nitrogens with one attached hydrogen (secondary N) is 2. The van der Waals surface area contributed by atoms with Crippen molar-refractivity contribution in [3.8, 4) is 0 Å². The molecule has 2 amide bonds. The predicted octanol–water partition coefficient (Wildman–Crippen LogP) is -0.367. The topological polar surface area (TPSA) is 109 Å².